The van der Waals surface area contributed by atoms with Gasteiger partial charge in [-0.05, 0) is 72.4 Å². The molecule has 1 N–H and O–H groups in total. The largest absolute Gasteiger partial charge is 0.508 e. The van der Waals surface area contributed by atoms with Gasteiger partial charge in [-0.2, -0.15) is 0 Å². The van der Waals surface area contributed by atoms with Crippen molar-refractivity contribution in [3.8, 4) is 11.5 Å². The Balaban J connectivity index is 1.94. The third kappa shape index (κ3) is 6.22. The van der Waals surface area contributed by atoms with Crippen LogP contribution in [0, 0.1) is 0 Å². The zero-order chi connectivity index (χ0) is 22.8. The molecule has 0 heterocycles. The average molecular weight is 433 g/mol. The number of aromatic hydroxyl groups is 1. The van der Waals surface area contributed by atoms with Crippen LogP contribution in [-0.2, 0) is 9.47 Å². The molecule has 0 aliphatic rings. The summed E-state index contributed by atoms with van der Waals surface area (Å²) in [5.41, 5.74) is 5.74. The van der Waals surface area contributed by atoms with Gasteiger partial charge >= 0.3 is 0 Å². The summed E-state index contributed by atoms with van der Waals surface area (Å²) in [5, 5.41) is 9.79. The van der Waals surface area contributed by atoms with Crippen molar-refractivity contribution in [2.24, 2.45) is 0 Å². The Labute approximate surface area is 191 Å². The van der Waals surface area contributed by atoms with Crippen LogP contribution in [0.15, 0.2) is 78.9 Å². The van der Waals surface area contributed by atoms with E-state index in [0.717, 1.165) is 28.9 Å². The SMILES string of the molecule is CCOC(COc1ccc(C(=C(CC)c2ccccc2)c2ccc(O)cc2)cc1)OCC. The summed E-state index contributed by atoms with van der Waals surface area (Å²) in [6.45, 7) is 7.54. The Hall–Kier alpha value is -3.08. The van der Waals surface area contributed by atoms with Gasteiger partial charge in [-0.3, -0.25) is 0 Å². The van der Waals surface area contributed by atoms with Crippen molar-refractivity contribution in [3.63, 3.8) is 0 Å². The zero-order valence-electron chi connectivity index (χ0n) is 19.1. The Morgan fingerprint density at radius 2 is 1.28 bits per heavy atom. The third-order valence-electron chi connectivity index (χ3n) is 5.17. The van der Waals surface area contributed by atoms with Gasteiger partial charge in [-0.1, -0.05) is 61.5 Å². The van der Waals surface area contributed by atoms with Crippen LogP contribution in [-0.4, -0.2) is 31.2 Å². The molecule has 3 rings (SSSR count). The van der Waals surface area contributed by atoms with E-state index in [-0.39, 0.29) is 12.0 Å². The van der Waals surface area contributed by atoms with Crippen LogP contribution in [0.5, 0.6) is 11.5 Å². The third-order valence-corrected chi connectivity index (χ3v) is 5.17. The van der Waals surface area contributed by atoms with Crippen molar-refractivity contribution in [2.75, 3.05) is 19.8 Å². The van der Waals surface area contributed by atoms with Gasteiger partial charge in [0.05, 0.1) is 0 Å². The molecule has 0 unspecified atom stereocenters. The maximum absolute atomic E-state index is 9.79. The molecule has 0 radical (unpaired) electrons. The van der Waals surface area contributed by atoms with Crippen LogP contribution >= 0.6 is 0 Å². The lowest BCUT2D eigenvalue weighted by atomic mass is 9.88. The lowest BCUT2D eigenvalue weighted by Gasteiger charge is -2.19. The van der Waals surface area contributed by atoms with Crippen molar-refractivity contribution in [3.05, 3.63) is 95.6 Å². The number of ether oxygens (including phenoxy) is 3. The van der Waals surface area contributed by atoms with Crippen LogP contribution in [0.1, 0.15) is 43.9 Å². The van der Waals surface area contributed by atoms with E-state index in [0.29, 0.717) is 19.8 Å². The molecule has 0 amide bonds. The van der Waals surface area contributed by atoms with Crippen LogP contribution in [0.2, 0.25) is 0 Å². The second-order valence-electron chi connectivity index (χ2n) is 7.30. The fourth-order valence-corrected chi connectivity index (χ4v) is 3.71. The van der Waals surface area contributed by atoms with Crippen LogP contribution in [0.3, 0.4) is 0 Å². The molecule has 4 nitrogen and oxygen atoms in total. The minimum Gasteiger partial charge on any atom is -0.508 e. The van der Waals surface area contributed by atoms with E-state index in [4.69, 9.17) is 14.2 Å². The first-order chi connectivity index (χ1) is 15.7. The molecular formula is C28H32O4. The molecule has 32 heavy (non-hydrogen) atoms. The number of benzene rings is 3. The van der Waals surface area contributed by atoms with Gasteiger partial charge in [-0.25, -0.2) is 0 Å². The molecule has 0 atom stereocenters. The summed E-state index contributed by atoms with van der Waals surface area (Å²) >= 11 is 0. The van der Waals surface area contributed by atoms with Crippen molar-refractivity contribution in [2.45, 2.75) is 33.5 Å². The summed E-state index contributed by atoms with van der Waals surface area (Å²) < 4.78 is 17.0. The first-order valence-electron chi connectivity index (χ1n) is 11.2. The summed E-state index contributed by atoms with van der Waals surface area (Å²) in [6.07, 6.45) is 0.505. The summed E-state index contributed by atoms with van der Waals surface area (Å²) in [7, 11) is 0. The number of phenolic OH excluding ortho intramolecular Hbond substituents is 1. The molecule has 3 aromatic rings. The highest BCUT2D eigenvalue weighted by molar-refractivity contribution is 5.98. The minimum absolute atomic E-state index is 0.257. The van der Waals surface area contributed by atoms with Crippen molar-refractivity contribution in [1.29, 1.82) is 0 Å². The maximum Gasteiger partial charge on any atom is 0.191 e. The Morgan fingerprint density at radius 3 is 1.81 bits per heavy atom. The zero-order valence-corrected chi connectivity index (χ0v) is 19.1. The molecule has 0 fully saturated rings. The smallest absolute Gasteiger partial charge is 0.191 e. The van der Waals surface area contributed by atoms with Gasteiger partial charge in [0.1, 0.15) is 18.1 Å². The quantitative estimate of drug-likeness (QED) is 0.276. The Kier molecular flexibility index (Phi) is 8.90. The Morgan fingerprint density at radius 1 is 0.719 bits per heavy atom. The van der Waals surface area contributed by atoms with Gasteiger partial charge in [0.2, 0.25) is 0 Å². The fraction of sp³-hybridized carbons (Fsp3) is 0.286. The fourth-order valence-electron chi connectivity index (χ4n) is 3.71. The molecule has 0 aliphatic heterocycles. The molecular weight excluding hydrogens is 400 g/mol. The van der Waals surface area contributed by atoms with Crippen LogP contribution in [0.4, 0.5) is 0 Å². The first-order valence-corrected chi connectivity index (χ1v) is 11.2. The molecule has 3 aromatic carbocycles. The van der Waals surface area contributed by atoms with E-state index in [1.165, 1.54) is 11.1 Å². The van der Waals surface area contributed by atoms with Gasteiger partial charge < -0.3 is 19.3 Å². The Bertz CT molecular complexity index is 970. The molecule has 0 aliphatic carbocycles. The molecule has 0 aromatic heterocycles. The molecule has 0 spiro atoms. The van der Waals surface area contributed by atoms with E-state index in [9.17, 15) is 5.11 Å². The highest BCUT2D eigenvalue weighted by Crippen LogP contribution is 2.35. The van der Waals surface area contributed by atoms with E-state index in [2.05, 4.69) is 43.3 Å². The second kappa shape index (κ2) is 12.1. The predicted octanol–water partition coefficient (Wildman–Crippen LogP) is 6.54. The van der Waals surface area contributed by atoms with Crippen molar-refractivity contribution in [1.82, 2.24) is 0 Å². The highest BCUT2D eigenvalue weighted by Gasteiger charge is 2.14. The second-order valence-corrected chi connectivity index (χ2v) is 7.30. The van der Waals surface area contributed by atoms with E-state index in [1.807, 2.05) is 44.2 Å². The van der Waals surface area contributed by atoms with E-state index < -0.39 is 0 Å². The molecule has 0 saturated carbocycles. The first kappa shape index (κ1) is 23.6. The van der Waals surface area contributed by atoms with Gasteiger partial charge in [-0.15, -0.1) is 0 Å². The van der Waals surface area contributed by atoms with Crippen LogP contribution in [0.25, 0.3) is 11.1 Å². The predicted molar refractivity (Wildman–Crippen MR) is 130 cm³/mol. The van der Waals surface area contributed by atoms with Crippen LogP contribution < -0.4 is 4.74 Å². The lowest BCUT2D eigenvalue weighted by molar-refractivity contribution is -0.152. The number of phenols is 1. The van der Waals surface area contributed by atoms with Gasteiger partial charge in [0.25, 0.3) is 0 Å². The van der Waals surface area contributed by atoms with Crippen molar-refractivity contribution >= 4 is 11.1 Å². The summed E-state index contributed by atoms with van der Waals surface area (Å²) in [5.74, 6) is 1.02. The molecule has 4 heteroatoms. The van der Waals surface area contributed by atoms with Gasteiger partial charge in [0, 0.05) is 13.2 Å². The number of hydrogen-bond acceptors (Lipinski definition) is 4. The number of rotatable bonds is 11. The van der Waals surface area contributed by atoms with E-state index >= 15 is 0 Å². The molecule has 0 bridgehead atoms. The number of allylic oxidation sites excluding steroid dienone is 1. The average Bonchev–Trinajstić information content (AvgIpc) is 2.83. The van der Waals surface area contributed by atoms with E-state index in [1.54, 1.807) is 12.1 Å². The minimum atomic E-state index is -0.373. The summed E-state index contributed by atoms with van der Waals surface area (Å²) in [4.78, 5) is 0. The standard InChI is InChI=1S/C28H32O4/c1-4-26(21-10-8-7-9-11-21)28(22-12-16-24(29)17-13-22)23-14-18-25(19-15-23)32-20-27(30-5-2)31-6-3/h7-19,27,29H,4-6,20H2,1-3H3. The lowest BCUT2D eigenvalue weighted by Crippen LogP contribution is -2.25. The summed E-state index contributed by atoms with van der Waals surface area (Å²) in [6, 6.07) is 25.9. The van der Waals surface area contributed by atoms with Gasteiger partial charge in [0.15, 0.2) is 6.29 Å². The topological polar surface area (TPSA) is 47.9 Å². The normalized spacial score (nSPS) is 12.0. The maximum atomic E-state index is 9.79. The highest BCUT2D eigenvalue weighted by atomic mass is 16.7. The monoisotopic (exact) mass is 432 g/mol. The molecule has 168 valence electrons. The van der Waals surface area contributed by atoms with Crippen molar-refractivity contribution < 1.29 is 19.3 Å². The number of hydrogen-bond donors (Lipinski definition) is 1. The molecule has 0 saturated heterocycles.